The van der Waals surface area contributed by atoms with E-state index in [1.165, 1.54) is 0 Å². The maximum atomic E-state index is 11.2. The van der Waals surface area contributed by atoms with Gasteiger partial charge in [-0.3, -0.25) is 4.79 Å². The molecule has 0 radical (unpaired) electrons. The maximum Gasteiger partial charge on any atom is 0.412 e. The third kappa shape index (κ3) is 2.69. The molecule has 0 saturated heterocycles. The van der Waals surface area contributed by atoms with Crippen LogP contribution in [0.2, 0.25) is 0 Å². The standard InChI is InChI=1S/C8H14N2O3/c9-6-4-2-1-3-5(6)7(11)13-8(10)12/h5-6H,1-4,9H2,(H2,10,12). The zero-order chi connectivity index (χ0) is 9.84. The Hall–Kier alpha value is -1.10. The number of hydrogen-bond acceptors (Lipinski definition) is 4. The lowest BCUT2D eigenvalue weighted by molar-refractivity contribution is -0.143. The SMILES string of the molecule is NC(=O)OC(=O)C1CCCCC1N. The van der Waals surface area contributed by atoms with Gasteiger partial charge in [0.1, 0.15) is 0 Å². The van der Waals surface area contributed by atoms with E-state index in [1.807, 2.05) is 0 Å². The van der Waals surface area contributed by atoms with Crippen molar-refractivity contribution >= 4 is 12.1 Å². The molecule has 1 amide bonds. The lowest BCUT2D eigenvalue weighted by atomic mass is 9.85. The highest BCUT2D eigenvalue weighted by Gasteiger charge is 2.30. The monoisotopic (exact) mass is 186 g/mol. The molecule has 5 nitrogen and oxygen atoms in total. The van der Waals surface area contributed by atoms with Gasteiger partial charge in [0, 0.05) is 6.04 Å². The van der Waals surface area contributed by atoms with E-state index in [4.69, 9.17) is 11.5 Å². The first-order valence-electron chi connectivity index (χ1n) is 4.38. The molecule has 1 fully saturated rings. The first kappa shape index (κ1) is 9.98. The molecule has 74 valence electrons. The van der Waals surface area contributed by atoms with Crippen LogP contribution in [0.25, 0.3) is 0 Å². The van der Waals surface area contributed by atoms with Crippen molar-refractivity contribution < 1.29 is 14.3 Å². The van der Waals surface area contributed by atoms with E-state index in [0.29, 0.717) is 6.42 Å². The fourth-order valence-electron chi connectivity index (χ4n) is 1.63. The smallest absolute Gasteiger partial charge is 0.376 e. The number of rotatable bonds is 1. The van der Waals surface area contributed by atoms with Crippen LogP contribution in [0.15, 0.2) is 0 Å². The molecule has 2 atom stereocenters. The van der Waals surface area contributed by atoms with Crippen molar-refractivity contribution in [1.82, 2.24) is 0 Å². The summed E-state index contributed by atoms with van der Waals surface area (Å²) in [7, 11) is 0. The number of amides is 1. The van der Waals surface area contributed by atoms with Crippen molar-refractivity contribution in [3.8, 4) is 0 Å². The van der Waals surface area contributed by atoms with E-state index < -0.39 is 12.1 Å². The summed E-state index contributed by atoms with van der Waals surface area (Å²) < 4.78 is 4.28. The summed E-state index contributed by atoms with van der Waals surface area (Å²) >= 11 is 0. The minimum atomic E-state index is -1.05. The number of hydrogen-bond donors (Lipinski definition) is 2. The molecule has 0 aromatic rings. The van der Waals surface area contributed by atoms with Crippen molar-refractivity contribution in [3.63, 3.8) is 0 Å². The minimum Gasteiger partial charge on any atom is -0.376 e. The fraction of sp³-hybridized carbons (Fsp3) is 0.750. The van der Waals surface area contributed by atoms with Crippen LogP contribution in [0.4, 0.5) is 4.79 Å². The van der Waals surface area contributed by atoms with E-state index in [9.17, 15) is 9.59 Å². The van der Waals surface area contributed by atoms with E-state index in [0.717, 1.165) is 19.3 Å². The molecular formula is C8H14N2O3. The second-order valence-corrected chi connectivity index (χ2v) is 3.29. The lowest BCUT2D eigenvalue weighted by Crippen LogP contribution is -2.40. The predicted octanol–water partition coefficient (Wildman–Crippen LogP) is 0.126. The second-order valence-electron chi connectivity index (χ2n) is 3.29. The molecule has 5 heteroatoms. The first-order chi connectivity index (χ1) is 6.11. The van der Waals surface area contributed by atoms with E-state index in [1.54, 1.807) is 0 Å². The molecule has 0 spiro atoms. The van der Waals surface area contributed by atoms with E-state index in [-0.39, 0.29) is 12.0 Å². The molecule has 0 aromatic carbocycles. The average molecular weight is 186 g/mol. The maximum absolute atomic E-state index is 11.2. The summed E-state index contributed by atoms with van der Waals surface area (Å²) in [5.41, 5.74) is 10.4. The van der Waals surface area contributed by atoms with Crippen molar-refractivity contribution in [2.75, 3.05) is 0 Å². The lowest BCUT2D eigenvalue weighted by Gasteiger charge is -2.25. The molecule has 1 aliphatic carbocycles. The quantitative estimate of drug-likeness (QED) is 0.449. The van der Waals surface area contributed by atoms with Crippen molar-refractivity contribution in [2.45, 2.75) is 31.7 Å². The van der Waals surface area contributed by atoms with Gasteiger partial charge in [-0.1, -0.05) is 12.8 Å². The van der Waals surface area contributed by atoms with Gasteiger partial charge in [0.2, 0.25) is 0 Å². The highest BCUT2D eigenvalue weighted by molar-refractivity contribution is 5.85. The zero-order valence-corrected chi connectivity index (χ0v) is 7.36. The van der Waals surface area contributed by atoms with Gasteiger partial charge in [0.25, 0.3) is 0 Å². The summed E-state index contributed by atoms with van der Waals surface area (Å²) in [6.45, 7) is 0. The van der Waals surface area contributed by atoms with Crippen LogP contribution in [0, 0.1) is 5.92 Å². The van der Waals surface area contributed by atoms with E-state index >= 15 is 0 Å². The van der Waals surface area contributed by atoms with Crippen molar-refractivity contribution in [3.05, 3.63) is 0 Å². The largest absolute Gasteiger partial charge is 0.412 e. The third-order valence-corrected chi connectivity index (χ3v) is 2.32. The molecule has 1 saturated carbocycles. The molecule has 0 aliphatic heterocycles. The van der Waals surface area contributed by atoms with Crippen LogP contribution in [-0.2, 0) is 9.53 Å². The highest BCUT2D eigenvalue weighted by atomic mass is 16.6. The molecule has 13 heavy (non-hydrogen) atoms. The van der Waals surface area contributed by atoms with Crippen LogP contribution in [-0.4, -0.2) is 18.1 Å². The molecule has 1 rings (SSSR count). The molecule has 0 aromatic heterocycles. The first-order valence-corrected chi connectivity index (χ1v) is 4.38. The van der Waals surface area contributed by atoms with Crippen LogP contribution >= 0.6 is 0 Å². The highest BCUT2D eigenvalue weighted by Crippen LogP contribution is 2.23. The van der Waals surface area contributed by atoms with Gasteiger partial charge in [-0.15, -0.1) is 0 Å². The Morgan fingerprint density at radius 1 is 1.23 bits per heavy atom. The average Bonchev–Trinajstić information content (AvgIpc) is 2.03. The van der Waals surface area contributed by atoms with Gasteiger partial charge >= 0.3 is 12.1 Å². The molecule has 1 aliphatic rings. The normalized spacial score (nSPS) is 28.1. The Morgan fingerprint density at radius 2 is 1.85 bits per heavy atom. The van der Waals surface area contributed by atoms with Gasteiger partial charge in [-0.05, 0) is 12.8 Å². The number of nitrogens with two attached hydrogens (primary N) is 2. The molecule has 0 bridgehead atoms. The van der Waals surface area contributed by atoms with E-state index in [2.05, 4.69) is 4.74 Å². The Morgan fingerprint density at radius 3 is 2.38 bits per heavy atom. The third-order valence-electron chi connectivity index (χ3n) is 2.32. The summed E-state index contributed by atoms with van der Waals surface area (Å²) in [5.74, 6) is -0.944. The predicted molar refractivity (Wildman–Crippen MR) is 45.6 cm³/mol. The van der Waals surface area contributed by atoms with Crippen LogP contribution in [0.3, 0.4) is 0 Å². The van der Waals surface area contributed by atoms with Gasteiger partial charge in [-0.2, -0.15) is 0 Å². The van der Waals surface area contributed by atoms with Gasteiger partial charge < -0.3 is 16.2 Å². The minimum absolute atomic E-state index is 0.194. The second kappa shape index (κ2) is 4.23. The number of carbonyl (C=O) groups excluding carboxylic acids is 2. The Balaban J connectivity index is 2.48. The number of esters is 1. The van der Waals surface area contributed by atoms with Gasteiger partial charge in [-0.25, -0.2) is 4.79 Å². The topological polar surface area (TPSA) is 95.4 Å². The van der Waals surface area contributed by atoms with Crippen LogP contribution in [0.5, 0.6) is 0 Å². The molecule has 0 heterocycles. The molecule has 2 unspecified atom stereocenters. The Kier molecular flexibility index (Phi) is 3.25. The summed E-state index contributed by atoms with van der Waals surface area (Å²) in [6.07, 6.45) is 2.42. The number of carbonyl (C=O) groups is 2. The molecule has 4 N–H and O–H groups in total. The zero-order valence-electron chi connectivity index (χ0n) is 7.36. The Bertz CT molecular complexity index is 217. The fourth-order valence-corrected chi connectivity index (χ4v) is 1.63. The van der Waals surface area contributed by atoms with Crippen LogP contribution in [0.1, 0.15) is 25.7 Å². The van der Waals surface area contributed by atoms with Crippen molar-refractivity contribution in [2.24, 2.45) is 17.4 Å². The Labute approximate surface area is 76.4 Å². The van der Waals surface area contributed by atoms with Crippen LogP contribution < -0.4 is 11.5 Å². The summed E-state index contributed by atoms with van der Waals surface area (Å²) in [5, 5.41) is 0. The summed E-state index contributed by atoms with van der Waals surface area (Å²) in [6, 6.07) is -0.194. The van der Waals surface area contributed by atoms with Gasteiger partial charge in [0.05, 0.1) is 5.92 Å². The van der Waals surface area contributed by atoms with Gasteiger partial charge in [0.15, 0.2) is 0 Å². The van der Waals surface area contributed by atoms with Crippen molar-refractivity contribution in [1.29, 1.82) is 0 Å². The number of ether oxygens (including phenoxy) is 1. The number of primary amides is 1. The summed E-state index contributed by atoms with van der Waals surface area (Å²) in [4.78, 5) is 21.5. The molecular weight excluding hydrogens is 172 g/mol.